The maximum atomic E-state index is 13.3. The van der Waals surface area contributed by atoms with Crippen molar-refractivity contribution in [3.05, 3.63) is 58.6 Å². The van der Waals surface area contributed by atoms with Gasteiger partial charge in [0.1, 0.15) is 5.82 Å². The van der Waals surface area contributed by atoms with Crippen LogP contribution >= 0.6 is 11.6 Å². The van der Waals surface area contributed by atoms with Crippen molar-refractivity contribution >= 4 is 23.3 Å². The van der Waals surface area contributed by atoms with Crippen LogP contribution in [0.3, 0.4) is 0 Å². The minimum atomic E-state index is -1.03. The van der Waals surface area contributed by atoms with Gasteiger partial charge < -0.3 is 15.7 Å². The van der Waals surface area contributed by atoms with E-state index in [4.69, 9.17) is 11.6 Å². The van der Waals surface area contributed by atoms with E-state index in [1.54, 1.807) is 18.3 Å². The fraction of sp³-hybridized carbons (Fsp3) is 0.200. The number of aryl methyl sites for hydroxylation is 1. The number of aromatic nitrogens is 1. The Hall–Kier alpha value is -2.18. The quantitative estimate of drug-likeness (QED) is 0.809. The first-order valence-corrected chi connectivity index (χ1v) is 6.94. The zero-order valence-corrected chi connectivity index (χ0v) is 12.6. The number of carbonyl (C=O) groups excluding carboxylic acids is 1. The Morgan fingerprint density at radius 1 is 1.41 bits per heavy atom. The second-order valence-corrected chi connectivity index (χ2v) is 5.12. The SMILES string of the molecule is Cc1cc(NC(=O)NCC(O)c2ccc(Cl)c(F)c2)ccn1. The van der Waals surface area contributed by atoms with Gasteiger partial charge in [0, 0.05) is 24.1 Å². The van der Waals surface area contributed by atoms with Crippen LogP contribution in [0.5, 0.6) is 0 Å². The Bertz CT molecular complexity index is 682. The van der Waals surface area contributed by atoms with Crippen molar-refractivity contribution in [3.8, 4) is 0 Å². The van der Waals surface area contributed by atoms with E-state index >= 15 is 0 Å². The van der Waals surface area contributed by atoms with Crippen molar-refractivity contribution in [2.45, 2.75) is 13.0 Å². The summed E-state index contributed by atoms with van der Waals surface area (Å²) in [6, 6.07) is 6.89. The molecule has 0 aliphatic heterocycles. The highest BCUT2D eigenvalue weighted by molar-refractivity contribution is 6.30. The number of aliphatic hydroxyl groups is 1. The van der Waals surface area contributed by atoms with E-state index in [9.17, 15) is 14.3 Å². The Kier molecular flexibility index (Phi) is 5.30. The lowest BCUT2D eigenvalue weighted by Gasteiger charge is -2.13. The van der Waals surface area contributed by atoms with Crippen LogP contribution in [0.2, 0.25) is 5.02 Å². The van der Waals surface area contributed by atoms with Crippen LogP contribution in [0.15, 0.2) is 36.5 Å². The largest absolute Gasteiger partial charge is 0.387 e. The number of aliphatic hydroxyl groups excluding tert-OH is 1. The summed E-state index contributed by atoms with van der Waals surface area (Å²) in [7, 11) is 0. The Morgan fingerprint density at radius 3 is 2.86 bits per heavy atom. The molecule has 1 unspecified atom stereocenters. The maximum Gasteiger partial charge on any atom is 0.319 e. The predicted molar refractivity (Wildman–Crippen MR) is 82.4 cm³/mol. The number of amides is 2. The number of hydrogen-bond donors (Lipinski definition) is 3. The highest BCUT2D eigenvalue weighted by Crippen LogP contribution is 2.19. The molecule has 0 bridgehead atoms. The molecule has 1 aromatic carbocycles. The molecule has 2 rings (SSSR count). The van der Waals surface area contributed by atoms with Gasteiger partial charge in [-0.3, -0.25) is 4.98 Å². The summed E-state index contributed by atoms with van der Waals surface area (Å²) in [5.74, 6) is -0.616. The molecule has 5 nitrogen and oxygen atoms in total. The molecule has 0 saturated carbocycles. The van der Waals surface area contributed by atoms with E-state index < -0.39 is 18.0 Å². The second kappa shape index (κ2) is 7.20. The number of halogens is 2. The lowest BCUT2D eigenvalue weighted by Crippen LogP contribution is -2.32. The van der Waals surface area contributed by atoms with Crippen LogP contribution in [0.1, 0.15) is 17.4 Å². The standard InChI is InChI=1S/C15H15ClFN3O2/c1-9-6-11(4-5-18-9)20-15(22)19-8-14(21)10-2-3-12(16)13(17)7-10/h2-7,14,21H,8H2,1H3,(H2,18,19,20,22). The molecule has 0 fully saturated rings. The lowest BCUT2D eigenvalue weighted by atomic mass is 10.1. The molecule has 1 heterocycles. The molecular formula is C15H15ClFN3O2. The topological polar surface area (TPSA) is 74.2 Å². The van der Waals surface area contributed by atoms with Crippen molar-refractivity contribution in [1.82, 2.24) is 10.3 Å². The molecule has 3 N–H and O–H groups in total. The molecular weight excluding hydrogens is 309 g/mol. The first-order chi connectivity index (χ1) is 10.5. The highest BCUT2D eigenvalue weighted by Gasteiger charge is 2.12. The summed E-state index contributed by atoms with van der Waals surface area (Å²) in [5, 5.41) is 15.0. The summed E-state index contributed by atoms with van der Waals surface area (Å²) in [4.78, 5) is 15.7. The normalized spacial score (nSPS) is 11.8. The smallest absolute Gasteiger partial charge is 0.319 e. The fourth-order valence-electron chi connectivity index (χ4n) is 1.83. The van der Waals surface area contributed by atoms with Crippen LogP contribution < -0.4 is 10.6 Å². The average molecular weight is 324 g/mol. The summed E-state index contributed by atoms with van der Waals surface area (Å²) in [5.41, 5.74) is 1.70. The van der Waals surface area contributed by atoms with E-state index in [1.807, 2.05) is 6.92 Å². The number of anilines is 1. The number of hydrogen-bond acceptors (Lipinski definition) is 3. The number of pyridine rings is 1. The summed E-state index contributed by atoms with van der Waals surface area (Å²) in [6.07, 6.45) is 0.549. The van der Waals surface area contributed by atoms with Crippen molar-refractivity contribution in [1.29, 1.82) is 0 Å². The second-order valence-electron chi connectivity index (χ2n) is 4.71. The van der Waals surface area contributed by atoms with Gasteiger partial charge >= 0.3 is 6.03 Å². The van der Waals surface area contributed by atoms with Crippen molar-refractivity contribution in [2.75, 3.05) is 11.9 Å². The van der Waals surface area contributed by atoms with E-state index in [0.29, 0.717) is 11.3 Å². The Labute approximate surface area is 132 Å². The molecule has 0 radical (unpaired) electrons. The third-order valence-electron chi connectivity index (χ3n) is 2.94. The van der Waals surface area contributed by atoms with E-state index in [-0.39, 0.29) is 11.6 Å². The monoisotopic (exact) mass is 323 g/mol. The number of benzene rings is 1. The van der Waals surface area contributed by atoms with Gasteiger partial charge in [-0.1, -0.05) is 17.7 Å². The molecule has 0 aliphatic carbocycles. The zero-order chi connectivity index (χ0) is 16.1. The van der Waals surface area contributed by atoms with Crippen molar-refractivity contribution < 1.29 is 14.3 Å². The molecule has 1 atom stereocenters. The fourth-order valence-corrected chi connectivity index (χ4v) is 1.94. The van der Waals surface area contributed by atoms with E-state index in [1.165, 1.54) is 12.1 Å². The maximum absolute atomic E-state index is 13.3. The van der Waals surface area contributed by atoms with Crippen LogP contribution in [-0.4, -0.2) is 22.7 Å². The molecule has 0 aliphatic rings. The van der Waals surface area contributed by atoms with E-state index in [2.05, 4.69) is 15.6 Å². The average Bonchev–Trinajstić information content (AvgIpc) is 2.47. The van der Waals surface area contributed by atoms with Gasteiger partial charge in [-0.15, -0.1) is 0 Å². The number of urea groups is 1. The third-order valence-corrected chi connectivity index (χ3v) is 3.25. The van der Waals surface area contributed by atoms with Crippen LogP contribution in [0.25, 0.3) is 0 Å². The summed E-state index contributed by atoms with van der Waals surface area (Å²) in [6.45, 7) is 1.75. The predicted octanol–water partition coefficient (Wildman–Crippen LogP) is 3.04. The number of carbonyl (C=O) groups is 1. The number of rotatable bonds is 4. The summed E-state index contributed by atoms with van der Waals surface area (Å²) >= 11 is 5.57. The van der Waals surface area contributed by atoms with Crippen molar-refractivity contribution in [3.63, 3.8) is 0 Å². The molecule has 2 amide bonds. The Balaban J connectivity index is 1.88. The first kappa shape index (κ1) is 16.2. The van der Waals surface area contributed by atoms with Gasteiger partial charge in [0.2, 0.25) is 0 Å². The molecule has 1 aromatic heterocycles. The van der Waals surface area contributed by atoms with Crippen molar-refractivity contribution in [2.24, 2.45) is 0 Å². The molecule has 0 saturated heterocycles. The van der Waals surface area contributed by atoms with Crippen LogP contribution in [-0.2, 0) is 0 Å². The van der Waals surface area contributed by atoms with Gasteiger partial charge in [0.05, 0.1) is 11.1 Å². The molecule has 0 spiro atoms. The zero-order valence-electron chi connectivity index (χ0n) is 11.8. The minimum Gasteiger partial charge on any atom is -0.387 e. The minimum absolute atomic E-state index is 0.0188. The van der Waals surface area contributed by atoms with Crippen LogP contribution in [0.4, 0.5) is 14.9 Å². The van der Waals surface area contributed by atoms with Gasteiger partial charge in [-0.25, -0.2) is 9.18 Å². The molecule has 2 aromatic rings. The molecule has 116 valence electrons. The molecule has 7 heteroatoms. The summed E-state index contributed by atoms with van der Waals surface area (Å²) < 4.78 is 13.3. The van der Waals surface area contributed by atoms with E-state index in [0.717, 1.165) is 11.8 Å². The van der Waals surface area contributed by atoms with Crippen LogP contribution in [0, 0.1) is 12.7 Å². The number of nitrogens with one attached hydrogen (secondary N) is 2. The van der Waals surface area contributed by atoms with Gasteiger partial charge in [-0.05, 0) is 36.8 Å². The first-order valence-electron chi connectivity index (χ1n) is 6.56. The van der Waals surface area contributed by atoms with Gasteiger partial charge in [0.15, 0.2) is 0 Å². The van der Waals surface area contributed by atoms with Gasteiger partial charge in [0.25, 0.3) is 0 Å². The lowest BCUT2D eigenvalue weighted by molar-refractivity contribution is 0.174. The highest BCUT2D eigenvalue weighted by atomic mass is 35.5. The third kappa shape index (κ3) is 4.41. The number of nitrogens with zero attached hydrogens (tertiary/aromatic N) is 1. The Morgan fingerprint density at radius 2 is 2.18 bits per heavy atom. The van der Waals surface area contributed by atoms with Gasteiger partial charge in [-0.2, -0.15) is 0 Å². The molecule has 22 heavy (non-hydrogen) atoms.